The van der Waals surface area contributed by atoms with Crippen LogP contribution in [0.1, 0.15) is 5.56 Å². The third kappa shape index (κ3) is 1.84. The molecule has 0 radical (unpaired) electrons. The van der Waals surface area contributed by atoms with E-state index in [0.717, 1.165) is 6.07 Å². The minimum absolute atomic E-state index is 0.153. The van der Waals surface area contributed by atoms with Crippen molar-refractivity contribution in [3.05, 3.63) is 40.6 Å². The van der Waals surface area contributed by atoms with Gasteiger partial charge in [0.2, 0.25) is 0 Å². The van der Waals surface area contributed by atoms with Gasteiger partial charge >= 0.3 is 6.18 Å². The first-order chi connectivity index (χ1) is 7.00. The van der Waals surface area contributed by atoms with Crippen LogP contribution in [-0.4, -0.2) is 4.98 Å². The lowest BCUT2D eigenvalue weighted by Gasteiger charge is -2.10. The minimum Gasteiger partial charge on any atom is -0.263 e. The molecule has 1 aromatic carbocycles. The summed E-state index contributed by atoms with van der Waals surface area (Å²) in [4.78, 5) is 3.82. The van der Waals surface area contributed by atoms with E-state index in [1.807, 2.05) is 0 Å². The molecule has 78 valence electrons. The zero-order chi connectivity index (χ0) is 11.1. The molecule has 0 atom stereocenters. The van der Waals surface area contributed by atoms with Crippen molar-refractivity contribution in [1.29, 1.82) is 0 Å². The summed E-state index contributed by atoms with van der Waals surface area (Å²) in [5, 5.41) is 0.624. The number of fused-ring (bicyclic) bond motifs is 1. The van der Waals surface area contributed by atoms with Gasteiger partial charge in [-0.3, -0.25) is 4.98 Å². The second-order valence-electron chi connectivity index (χ2n) is 3.02. The second-order valence-corrected chi connectivity index (χ2v) is 3.88. The molecule has 1 aromatic heterocycles. The molecule has 0 bridgehead atoms. The van der Waals surface area contributed by atoms with Crippen LogP contribution in [0.4, 0.5) is 13.2 Å². The molecule has 0 fully saturated rings. The number of hydrogen-bond donors (Lipinski definition) is 0. The van der Waals surface area contributed by atoms with Crippen molar-refractivity contribution in [2.24, 2.45) is 0 Å². The minimum atomic E-state index is -4.34. The summed E-state index contributed by atoms with van der Waals surface area (Å²) in [6.45, 7) is 0. The largest absolute Gasteiger partial charge is 0.417 e. The summed E-state index contributed by atoms with van der Waals surface area (Å²) in [5.41, 5.74) is -0.644. The van der Waals surface area contributed by atoms with Gasteiger partial charge in [-0.25, -0.2) is 0 Å². The van der Waals surface area contributed by atoms with E-state index in [0.29, 0.717) is 9.86 Å². The van der Waals surface area contributed by atoms with Gasteiger partial charge in [0, 0.05) is 27.6 Å². The molecule has 15 heavy (non-hydrogen) atoms. The van der Waals surface area contributed by atoms with E-state index < -0.39 is 11.7 Å². The summed E-state index contributed by atoms with van der Waals surface area (Å²) in [5.74, 6) is 0. The molecule has 0 amide bonds. The van der Waals surface area contributed by atoms with Gasteiger partial charge in [-0.05, 0) is 22.0 Å². The lowest BCUT2D eigenvalue weighted by molar-refractivity contribution is -0.136. The van der Waals surface area contributed by atoms with Crippen molar-refractivity contribution >= 4 is 26.7 Å². The molecule has 0 saturated carbocycles. The second kappa shape index (κ2) is 3.48. The third-order valence-corrected chi connectivity index (χ3v) is 2.64. The number of benzene rings is 1. The Morgan fingerprint density at radius 2 is 1.87 bits per heavy atom. The van der Waals surface area contributed by atoms with Crippen LogP contribution in [0.3, 0.4) is 0 Å². The van der Waals surface area contributed by atoms with Crippen molar-refractivity contribution < 1.29 is 13.2 Å². The Balaban J connectivity index is 2.86. The van der Waals surface area contributed by atoms with Gasteiger partial charge < -0.3 is 0 Å². The molecule has 0 aliphatic heterocycles. The van der Waals surface area contributed by atoms with Crippen LogP contribution in [0.25, 0.3) is 10.8 Å². The molecule has 5 heteroatoms. The first-order valence-corrected chi connectivity index (χ1v) is 4.89. The number of rotatable bonds is 0. The Bertz CT molecular complexity index is 502. The predicted molar refractivity (Wildman–Crippen MR) is 54.4 cm³/mol. The number of aromatic nitrogens is 1. The average molecular weight is 276 g/mol. The maximum atomic E-state index is 12.7. The highest BCUT2D eigenvalue weighted by Crippen LogP contribution is 2.37. The van der Waals surface area contributed by atoms with E-state index in [2.05, 4.69) is 20.9 Å². The van der Waals surface area contributed by atoms with Crippen LogP contribution in [0.5, 0.6) is 0 Å². The molecular formula is C10H5BrF3N. The van der Waals surface area contributed by atoms with Gasteiger partial charge in [0.15, 0.2) is 0 Å². The lowest BCUT2D eigenvalue weighted by atomic mass is 10.1. The van der Waals surface area contributed by atoms with Crippen molar-refractivity contribution in [3.8, 4) is 0 Å². The SMILES string of the molecule is FC(F)(F)c1cccc2cncc(Br)c12. The predicted octanol–water partition coefficient (Wildman–Crippen LogP) is 4.02. The van der Waals surface area contributed by atoms with Crippen molar-refractivity contribution in [3.63, 3.8) is 0 Å². The summed E-state index contributed by atoms with van der Waals surface area (Å²) in [6.07, 6.45) is -1.57. The normalized spacial score (nSPS) is 12.0. The topological polar surface area (TPSA) is 12.9 Å². The summed E-state index contributed by atoms with van der Waals surface area (Å²) < 4.78 is 38.3. The highest BCUT2D eigenvalue weighted by molar-refractivity contribution is 9.10. The Hall–Kier alpha value is -1.10. The van der Waals surface area contributed by atoms with Crippen molar-refractivity contribution in [2.45, 2.75) is 6.18 Å². The van der Waals surface area contributed by atoms with Gasteiger partial charge in [-0.1, -0.05) is 12.1 Å². The molecule has 1 nitrogen and oxygen atoms in total. The van der Waals surface area contributed by atoms with E-state index in [4.69, 9.17) is 0 Å². The maximum Gasteiger partial charge on any atom is 0.417 e. The van der Waals surface area contributed by atoms with Crippen LogP contribution in [-0.2, 0) is 6.18 Å². The molecule has 0 saturated heterocycles. The monoisotopic (exact) mass is 275 g/mol. The molecule has 0 N–H and O–H groups in total. The van der Waals surface area contributed by atoms with E-state index in [1.165, 1.54) is 18.5 Å². The number of hydrogen-bond acceptors (Lipinski definition) is 1. The van der Waals surface area contributed by atoms with E-state index in [9.17, 15) is 13.2 Å². The van der Waals surface area contributed by atoms with Crippen LogP contribution in [0.15, 0.2) is 35.1 Å². The molecule has 0 spiro atoms. The molecular weight excluding hydrogens is 271 g/mol. The maximum absolute atomic E-state index is 12.7. The number of halogens is 4. The Morgan fingerprint density at radius 3 is 2.53 bits per heavy atom. The number of pyridine rings is 1. The van der Waals surface area contributed by atoms with E-state index in [-0.39, 0.29) is 5.39 Å². The Kier molecular flexibility index (Phi) is 2.42. The lowest BCUT2D eigenvalue weighted by Crippen LogP contribution is -2.05. The quantitative estimate of drug-likeness (QED) is 0.708. The molecule has 2 rings (SSSR count). The van der Waals surface area contributed by atoms with Crippen LogP contribution in [0.2, 0.25) is 0 Å². The third-order valence-electron chi connectivity index (χ3n) is 2.04. The van der Waals surface area contributed by atoms with Gasteiger partial charge in [0.05, 0.1) is 5.56 Å². The number of alkyl halides is 3. The van der Waals surface area contributed by atoms with Crippen LogP contribution in [0, 0.1) is 0 Å². The first-order valence-electron chi connectivity index (χ1n) is 4.09. The fourth-order valence-electron chi connectivity index (χ4n) is 1.43. The van der Waals surface area contributed by atoms with Gasteiger partial charge in [-0.15, -0.1) is 0 Å². The van der Waals surface area contributed by atoms with Gasteiger partial charge in [0.25, 0.3) is 0 Å². The summed E-state index contributed by atoms with van der Waals surface area (Å²) >= 11 is 3.08. The molecule has 0 aliphatic rings. The highest BCUT2D eigenvalue weighted by Gasteiger charge is 2.32. The zero-order valence-corrected chi connectivity index (χ0v) is 8.93. The van der Waals surface area contributed by atoms with Crippen LogP contribution >= 0.6 is 15.9 Å². The Labute approximate surface area is 92.1 Å². The number of nitrogens with zero attached hydrogens (tertiary/aromatic N) is 1. The summed E-state index contributed by atoms with van der Waals surface area (Å²) in [6, 6.07) is 4.04. The van der Waals surface area contributed by atoms with Crippen molar-refractivity contribution in [1.82, 2.24) is 4.98 Å². The highest BCUT2D eigenvalue weighted by atomic mass is 79.9. The molecule has 0 aliphatic carbocycles. The first kappa shape index (κ1) is 10.4. The Morgan fingerprint density at radius 1 is 1.13 bits per heavy atom. The standard InChI is InChI=1S/C10H5BrF3N/c11-8-5-15-4-6-2-1-3-7(9(6)8)10(12,13)14/h1-5H. The van der Waals surface area contributed by atoms with E-state index in [1.54, 1.807) is 6.07 Å². The van der Waals surface area contributed by atoms with Crippen LogP contribution < -0.4 is 0 Å². The average Bonchev–Trinajstić information content (AvgIpc) is 2.16. The summed E-state index contributed by atoms with van der Waals surface area (Å²) in [7, 11) is 0. The van der Waals surface area contributed by atoms with Gasteiger partial charge in [-0.2, -0.15) is 13.2 Å². The van der Waals surface area contributed by atoms with Gasteiger partial charge in [0.1, 0.15) is 0 Å². The van der Waals surface area contributed by atoms with E-state index >= 15 is 0 Å². The fourth-order valence-corrected chi connectivity index (χ4v) is 1.99. The molecule has 0 unspecified atom stereocenters. The molecule has 1 heterocycles. The fraction of sp³-hybridized carbons (Fsp3) is 0.100. The van der Waals surface area contributed by atoms with Crippen molar-refractivity contribution in [2.75, 3.05) is 0 Å². The molecule has 2 aromatic rings. The smallest absolute Gasteiger partial charge is 0.263 e. The zero-order valence-electron chi connectivity index (χ0n) is 7.35.